The van der Waals surface area contributed by atoms with Crippen LogP contribution in [0.2, 0.25) is 0 Å². The van der Waals surface area contributed by atoms with Crippen molar-refractivity contribution in [2.75, 3.05) is 26.3 Å². The summed E-state index contributed by atoms with van der Waals surface area (Å²) in [6, 6.07) is 0.591. The molecular formula is C19H34N6O. The Balaban J connectivity index is 1.49. The van der Waals surface area contributed by atoms with Gasteiger partial charge in [-0.2, -0.15) is 0 Å². The molecule has 1 aromatic rings. The maximum absolute atomic E-state index is 5.42. The van der Waals surface area contributed by atoms with Crippen molar-refractivity contribution in [1.29, 1.82) is 0 Å². The quantitative estimate of drug-likeness (QED) is 0.378. The second-order valence-electron chi connectivity index (χ2n) is 7.43. The summed E-state index contributed by atoms with van der Waals surface area (Å²) in [6.45, 7) is 8.16. The predicted molar refractivity (Wildman–Crippen MR) is 103 cm³/mol. The molecule has 3 rings (SSSR count). The van der Waals surface area contributed by atoms with E-state index >= 15 is 0 Å². The average molecular weight is 363 g/mol. The summed E-state index contributed by atoms with van der Waals surface area (Å²) in [5.74, 6) is 3.74. The first-order valence-electron chi connectivity index (χ1n) is 10.3. The SMILES string of the molecule is CCOCCCN=C(NCCn1cnnc1CC)NC1CC2CCC1C2. The molecule has 0 aliphatic heterocycles. The zero-order chi connectivity index (χ0) is 18.2. The van der Waals surface area contributed by atoms with Gasteiger partial charge in [-0.25, -0.2) is 0 Å². The molecule has 146 valence electrons. The molecule has 26 heavy (non-hydrogen) atoms. The number of nitrogens with one attached hydrogen (secondary N) is 2. The Kier molecular flexibility index (Phi) is 7.29. The van der Waals surface area contributed by atoms with Crippen LogP contribution in [0.5, 0.6) is 0 Å². The van der Waals surface area contributed by atoms with Crippen molar-refractivity contribution in [3.8, 4) is 0 Å². The van der Waals surface area contributed by atoms with E-state index in [0.29, 0.717) is 6.04 Å². The third-order valence-electron chi connectivity index (χ3n) is 5.64. The normalized spacial score (nSPS) is 25.0. The van der Waals surface area contributed by atoms with Gasteiger partial charge in [0.05, 0.1) is 0 Å². The van der Waals surface area contributed by atoms with Gasteiger partial charge in [-0.05, 0) is 44.4 Å². The first kappa shape index (κ1) is 19.1. The Labute approximate surface area is 157 Å². The van der Waals surface area contributed by atoms with E-state index in [1.54, 1.807) is 0 Å². The zero-order valence-corrected chi connectivity index (χ0v) is 16.3. The van der Waals surface area contributed by atoms with Crippen molar-refractivity contribution < 1.29 is 4.74 Å². The summed E-state index contributed by atoms with van der Waals surface area (Å²) in [5.41, 5.74) is 0. The minimum atomic E-state index is 0.591. The van der Waals surface area contributed by atoms with Crippen molar-refractivity contribution in [2.24, 2.45) is 16.8 Å². The lowest BCUT2D eigenvalue weighted by Crippen LogP contribution is -2.46. The first-order valence-corrected chi connectivity index (χ1v) is 10.3. The highest BCUT2D eigenvalue weighted by molar-refractivity contribution is 5.80. The fourth-order valence-corrected chi connectivity index (χ4v) is 4.29. The lowest BCUT2D eigenvalue weighted by Gasteiger charge is -2.25. The number of ether oxygens (including phenoxy) is 1. The zero-order valence-electron chi connectivity index (χ0n) is 16.3. The lowest BCUT2D eigenvalue weighted by atomic mass is 9.95. The number of guanidine groups is 1. The van der Waals surface area contributed by atoms with Gasteiger partial charge in [0.2, 0.25) is 0 Å². The molecule has 0 saturated heterocycles. The van der Waals surface area contributed by atoms with Gasteiger partial charge in [0, 0.05) is 45.3 Å². The molecule has 0 radical (unpaired) electrons. The van der Waals surface area contributed by atoms with Gasteiger partial charge in [0.15, 0.2) is 5.96 Å². The average Bonchev–Trinajstić information content (AvgIpc) is 3.38. The number of hydrogen-bond acceptors (Lipinski definition) is 4. The molecule has 0 spiro atoms. The number of rotatable bonds is 10. The van der Waals surface area contributed by atoms with Gasteiger partial charge in [0.1, 0.15) is 12.2 Å². The van der Waals surface area contributed by atoms with Gasteiger partial charge in [0.25, 0.3) is 0 Å². The minimum absolute atomic E-state index is 0.591. The standard InChI is InChI=1S/C19H34N6O/c1-3-18-24-22-14-25(18)10-9-21-19(20-8-5-11-26-4-2)23-17-13-15-6-7-16(17)12-15/h14-17H,3-13H2,1-2H3,(H2,20,21,23). The summed E-state index contributed by atoms with van der Waals surface area (Å²) in [4.78, 5) is 4.78. The highest BCUT2D eigenvalue weighted by Crippen LogP contribution is 2.44. The van der Waals surface area contributed by atoms with E-state index in [2.05, 4.69) is 32.3 Å². The smallest absolute Gasteiger partial charge is 0.191 e. The van der Waals surface area contributed by atoms with E-state index in [1.807, 2.05) is 13.3 Å². The predicted octanol–water partition coefficient (Wildman–Crippen LogP) is 1.99. The van der Waals surface area contributed by atoms with Crippen LogP contribution >= 0.6 is 0 Å². The Hall–Kier alpha value is -1.63. The van der Waals surface area contributed by atoms with Gasteiger partial charge in [-0.1, -0.05) is 13.3 Å². The highest BCUT2D eigenvalue weighted by Gasteiger charge is 2.39. The Morgan fingerprint density at radius 3 is 3.00 bits per heavy atom. The number of aromatic nitrogens is 3. The summed E-state index contributed by atoms with van der Waals surface area (Å²) >= 11 is 0. The van der Waals surface area contributed by atoms with Crippen LogP contribution in [-0.2, 0) is 17.7 Å². The molecule has 7 nitrogen and oxygen atoms in total. The molecule has 2 fully saturated rings. The molecule has 2 N–H and O–H groups in total. The topological polar surface area (TPSA) is 76.4 Å². The van der Waals surface area contributed by atoms with Crippen molar-refractivity contribution in [1.82, 2.24) is 25.4 Å². The molecule has 2 bridgehead atoms. The van der Waals surface area contributed by atoms with E-state index in [-0.39, 0.29) is 0 Å². The molecule has 2 aliphatic rings. The molecule has 3 unspecified atom stereocenters. The van der Waals surface area contributed by atoms with Gasteiger partial charge in [-0.15, -0.1) is 10.2 Å². The molecule has 1 heterocycles. The van der Waals surface area contributed by atoms with E-state index in [4.69, 9.17) is 9.73 Å². The maximum atomic E-state index is 5.42. The molecule has 2 aliphatic carbocycles. The fraction of sp³-hybridized carbons (Fsp3) is 0.842. The van der Waals surface area contributed by atoms with Crippen LogP contribution in [-0.4, -0.2) is 53.1 Å². The van der Waals surface area contributed by atoms with Crippen LogP contribution in [0.25, 0.3) is 0 Å². The van der Waals surface area contributed by atoms with E-state index in [1.165, 1.54) is 25.7 Å². The van der Waals surface area contributed by atoms with Crippen molar-refractivity contribution >= 4 is 5.96 Å². The van der Waals surface area contributed by atoms with Crippen LogP contribution in [0.3, 0.4) is 0 Å². The summed E-state index contributed by atoms with van der Waals surface area (Å²) in [6.07, 6.45) is 9.17. The summed E-state index contributed by atoms with van der Waals surface area (Å²) < 4.78 is 7.53. The molecule has 3 atom stereocenters. The fourth-order valence-electron chi connectivity index (χ4n) is 4.29. The van der Waals surface area contributed by atoms with E-state index in [9.17, 15) is 0 Å². The van der Waals surface area contributed by atoms with Crippen molar-refractivity contribution in [3.05, 3.63) is 12.2 Å². The Morgan fingerprint density at radius 1 is 1.35 bits per heavy atom. The van der Waals surface area contributed by atoms with Crippen LogP contribution < -0.4 is 10.6 Å². The number of hydrogen-bond donors (Lipinski definition) is 2. The third-order valence-corrected chi connectivity index (χ3v) is 5.64. The lowest BCUT2D eigenvalue weighted by molar-refractivity contribution is 0.146. The van der Waals surface area contributed by atoms with Crippen molar-refractivity contribution in [2.45, 2.75) is 65.0 Å². The molecule has 1 aromatic heterocycles. The number of aryl methyl sites for hydroxylation is 1. The van der Waals surface area contributed by atoms with Crippen LogP contribution in [0.1, 0.15) is 51.8 Å². The molecule has 7 heteroatoms. The van der Waals surface area contributed by atoms with Gasteiger partial charge < -0.3 is 19.9 Å². The summed E-state index contributed by atoms with van der Waals surface area (Å²) in [7, 11) is 0. The minimum Gasteiger partial charge on any atom is -0.382 e. The highest BCUT2D eigenvalue weighted by atomic mass is 16.5. The van der Waals surface area contributed by atoms with Crippen LogP contribution in [0.4, 0.5) is 0 Å². The van der Waals surface area contributed by atoms with Crippen molar-refractivity contribution in [3.63, 3.8) is 0 Å². The van der Waals surface area contributed by atoms with Crippen LogP contribution in [0, 0.1) is 11.8 Å². The summed E-state index contributed by atoms with van der Waals surface area (Å²) in [5, 5.41) is 15.4. The van der Waals surface area contributed by atoms with Gasteiger partial charge >= 0.3 is 0 Å². The second-order valence-corrected chi connectivity index (χ2v) is 7.43. The molecule has 0 aromatic carbocycles. The number of aliphatic imine (C=N–C) groups is 1. The van der Waals surface area contributed by atoms with Gasteiger partial charge in [-0.3, -0.25) is 4.99 Å². The largest absolute Gasteiger partial charge is 0.382 e. The first-order chi connectivity index (χ1) is 12.8. The molecular weight excluding hydrogens is 328 g/mol. The number of fused-ring (bicyclic) bond motifs is 2. The second kappa shape index (κ2) is 9.90. The third kappa shape index (κ3) is 5.19. The molecule has 0 amide bonds. The molecule has 2 saturated carbocycles. The maximum Gasteiger partial charge on any atom is 0.191 e. The number of nitrogens with zero attached hydrogens (tertiary/aromatic N) is 4. The monoisotopic (exact) mass is 362 g/mol. The van der Waals surface area contributed by atoms with Crippen LogP contribution in [0.15, 0.2) is 11.3 Å². The van der Waals surface area contributed by atoms with E-state index < -0.39 is 0 Å². The van der Waals surface area contributed by atoms with E-state index in [0.717, 1.165) is 69.3 Å². The Bertz CT molecular complexity index is 572. The Morgan fingerprint density at radius 2 is 2.27 bits per heavy atom.